The minimum atomic E-state index is 0.0668. The van der Waals surface area contributed by atoms with Crippen molar-refractivity contribution in [2.45, 2.75) is 37.0 Å². The molecule has 1 aromatic carbocycles. The van der Waals surface area contributed by atoms with Crippen LogP contribution in [0.3, 0.4) is 0 Å². The Hall–Kier alpha value is -2.67. The first-order chi connectivity index (χ1) is 13.7. The van der Waals surface area contributed by atoms with Crippen LogP contribution in [-0.4, -0.2) is 39.0 Å². The molecule has 6 nitrogen and oxygen atoms in total. The average molecular weight is 395 g/mol. The van der Waals surface area contributed by atoms with Gasteiger partial charge in [0.15, 0.2) is 0 Å². The molecular formula is C21H22N4O2S. The van der Waals surface area contributed by atoms with E-state index in [2.05, 4.69) is 34.2 Å². The fraction of sp³-hybridized carbons (Fsp3) is 0.333. The van der Waals surface area contributed by atoms with E-state index in [0.717, 1.165) is 42.9 Å². The van der Waals surface area contributed by atoms with Crippen molar-refractivity contribution < 1.29 is 9.32 Å². The molecule has 1 fully saturated rings. The summed E-state index contributed by atoms with van der Waals surface area (Å²) < 4.78 is 5.36. The number of nitrogens with zero attached hydrogens (tertiary/aromatic N) is 4. The number of pyridine rings is 1. The fourth-order valence-corrected chi connectivity index (χ4v) is 3.83. The normalized spacial score (nSPS) is 13.8. The van der Waals surface area contributed by atoms with Gasteiger partial charge in [0, 0.05) is 24.8 Å². The molecule has 0 saturated carbocycles. The summed E-state index contributed by atoms with van der Waals surface area (Å²) in [5, 5.41) is 4.89. The molecule has 1 saturated heterocycles. The summed E-state index contributed by atoms with van der Waals surface area (Å²) >= 11 is 1.51. The highest BCUT2D eigenvalue weighted by molar-refractivity contribution is 7.98. The van der Waals surface area contributed by atoms with Crippen LogP contribution in [0.2, 0.25) is 0 Å². The molecule has 0 radical (unpaired) electrons. The van der Waals surface area contributed by atoms with E-state index in [9.17, 15) is 4.79 Å². The third kappa shape index (κ3) is 4.25. The van der Waals surface area contributed by atoms with Gasteiger partial charge in [0.25, 0.3) is 5.91 Å². The van der Waals surface area contributed by atoms with Crippen LogP contribution in [0.4, 0.5) is 0 Å². The number of amides is 1. The summed E-state index contributed by atoms with van der Waals surface area (Å²) in [6.45, 7) is 3.81. The summed E-state index contributed by atoms with van der Waals surface area (Å²) in [7, 11) is 0. The largest absolute Gasteiger partial charge is 0.339 e. The summed E-state index contributed by atoms with van der Waals surface area (Å²) in [4.78, 5) is 23.1. The first-order valence-corrected chi connectivity index (χ1v) is 10.5. The van der Waals surface area contributed by atoms with E-state index in [1.54, 1.807) is 6.20 Å². The average Bonchev–Trinajstić information content (AvgIpc) is 3.44. The van der Waals surface area contributed by atoms with Crippen molar-refractivity contribution in [1.82, 2.24) is 20.0 Å². The highest BCUT2D eigenvalue weighted by Crippen LogP contribution is 2.23. The van der Waals surface area contributed by atoms with E-state index >= 15 is 0 Å². The second-order valence-corrected chi connectivity index (χ2v) is 7.73. The maximum absolute atomic E-state index is 12.4. The number of hydrogen-bond donors (Lipinski definition) is 0. The molecule has 3 aromatic rings. The second-order valence-electron chi connectivity index (χ2n) is 6.74. The maximum Gasteiger partial charge on any atom is 0.255 e. The number of likely N-dealkylation sites (tertiary alicyclic amines) is 1. The highest BCUT2D eigenvalue weighted by Gasteiger charge is 2.19. The summed E-state index contributed by atoms with van der Waals surface area (Å²) in [6, 6.07) is 11.9. The Balaban J connectivity index is 1.35. The topological polar surface area (TPSA) is 72.1 Å². The Bertz CT molecular complexity index is 932. The van der Waals surface area contributed by atoms with Crippen molar-refractivity contribution in [1.29, 1.82) is 0 Å². The van der Waals surface area contributed by atoms with E-state index in [0.29, 0.717) is 23.0 Å². The SMILES string of the molecule is CCc1ccc(-c2noc(CSc3ccc(C(=O)N4CCCC4)cn3)n2)cc1. The van der Waals surface area contributed by atoms with Gasteiger partial charge in [-0.15, -0.1) is 0 Å². The number of aromatic nitrogens is 3. The minimum absolute atomic E-state index is 0.0668. The summed E-state index contributed by atoms with van der Waals surface area (Å²) in [5.74, 6) is 1.75. The van der Waals surface area contributed by atoms with E-state index in [-0.39, 0.29) is 5.91 Å². The van der Waals surface area contributed by atoms with Gasteiger partial charge in [-0.05, 0) is 37.0 Å². The molecule has 28 heavy (non-hydrogen) atoms. The van der Waals surface area contributed by atoms with Crippen molar-refractivity contribution in [3.05, 3.63) is 59.6 Å². The van der Waals surface area contributed by atoms with Crippen LogP contribution < -0.4 is 0 Å². The van der Waals surface area contributed by atoms with Gasteiger partial charge in [-0.3, -0.25) is 4.79 Å². The van der Waals surface area contributed by atoms with E-state index in [4.69, 9.17) is 4.52 Å². The molecule has 3 heterocycles. The maximum atomic E-state index is 12.4. The molecule has 144 valence electrons. The monoisotopic (exact) mass is 394 g/mol. The van der Waals surface area contributed by atoms with Crippen LogP contribution in [0.15, 0.2) is 52.1 Å². The first-order valence-electron chi connectivity index (χ1n) is 9.53. The predicted octanol–water partition coefficient (Wildman–Crippen LogP) is 4.22. The lowest BCUT2D eigenvalue weighted by Crippen LogP contribution is -2.27. The Kier molecular flexibility index (Phi) is 5.71. The van der Waals surface area contributed by atoms with Gasteiger partial charge in [-0.25, -0.2) is 4.98 Å². The van der Waals surface area contributed by atoms with Crippen LogP contribution in [-0.2, 0) is 12.2 Å². The van der Waals surface area contributed by atoms with E-state index < -0.39 is 0 Å². The van der Waals surface area contributed by atoms with Gasteiger partial charge in [0.2, 0.25) is 11.7 Å². The Morgan fingerprint density at radius 3 is 2.61 bits per heavy atom. The van der Waals surface area contributed by atoms with Gasteiger partial charge >= 0.3 is 0 Å². The third-order valence-corrected chi connectivity index (χ3v) is 5.74. The smallest absolute Gasteiger partial charge is 0.255 e. The lowest BCUT2D eigenvalue weighted by molar-refractivity contribution is 0.0792. The van der Waals surface area contributed by atoms with E-state index in [1.165, 1.54) is 17.3 Å². The molecule has 2 aromatic heterocycles. The van der Waals surface area contributed by atoms with Crippen molar-refractivity contribution in [3.63, 3.8) is 0 Å². The zero-order valence-corrected chi connectivity index (χ0v) is 16.6. The van der Waals surface area contributed by atoms with Crippen molar-refractivity contribution in [3.8, 4) is 11.4 Å². The summed E-state index contributed by atoms with van der Waals surface area (Å²) in [5.41, 5.74) is 2.86. The van der Waals surface area contributed by atoms with Crippen LogP contribution in [0, 0.1) is 0 Å². The Labute approximate surface area is 168 Å². The number of benzene rings is 1. The first kappa shape index (κ1) is 18.7. The van der Waals surface area contributed by atoms with Gasteiger partial charge in [-0.2, -0.15) is 4.98 Å². The minimum Gasteiger partial charge on any atom is -0.339 e. The molecule has 7 heteroatoms. The molecule has 0 spiro atoms. The Morgan fingerprint density at radius 2 is 1.93 bits per heavy atom. The molecule has 1 aliphatic rings. The van der Waals surface area contributed by atoms with Gasteiger partial charge in [0.05, 0.1) is 16.3 Å². The van der Waals surface area contributed by atoms with Gasteiger partial charge in [0.1, 0.15) is 0 Å². The van der Waals surface area contributed by atoms with Crippen LogP contribution in [0.1, 0.15) is 41.6 Å². The van der Waals surface area contributed by atoms with Crippen molar-refractivity contribution >= 4 is 17.7 Å². The number of aryl methyl sites for hydroxylation is 1. The zero-order valence-electron chi connectivity index (χ0n) is 15.8. The second kappa shape index (κ2) is 8.56. The highest BCUT2D eigenvalue weighted by atomic mass is 32.2. The third-order valence-electron chi connectivity index (χ3n) is 4.81. The lowest BCUT2D eigenvalue weighted by atomic mass is 10.1. The molecule has 0 N–H and O–H groups in total. The molecule has 4 rings (SSSR count). The fourth-order valence-electron chi connectivity index (χ4n) is 3.15. The summed E-state index contributed by atoms with van der Waals surface area (Å²) in [6.07, 6.45) is 4.82. The van der Waals surface area contributed by atoms with Gasteiger partial charge in [-0.1, -0.05) is 48.1 Å². The standard InChI is InChI=1S/C21H22N4O2S/c1-2-15-5-7-16(8-6-15)20-23-18(27-24-20)14-28-19-10-9-17(13-22-19)21(26)25-11-3-4-12-25/h5-10,13H,2-4,11-12,14H2,1H3. The molecule has 1 aliphatic heterocycles. The molecule has 0 unspecified atom stereocenters. The predicted molar refractivity (Wildman–Crippen MR) is 108 cm³/mol. The Morgan fingerprint density at radius 1 is 1.14 bits per heavy atom. The molecular weight excluding hydrogens is 372 g/mol. The van der Waals surface area contributed by atoms with Crippen molar-refractivity contribution in [2.24, 2.45) is 0 Å². The number of carbonyl (C=O) groups is 1. The number of carbonyl (C=O) groups excluding carboxylic acids is 1. The number of thioether (sulfide) groups is 1. The van der Waals surface area contributed by atoms with Crippen LogP contribution >= 0.6 is 11.8 Å². The number of rotatable bonds is 6. The lowest BCUT2D eigenvalue weighted by Gasteiger charge is -2.14. The van der Waals surface area contributed by atoms with Crippen LogP contribution in [0.25, 0.3) is 11.4 Å². The van der Waals surface area contributed by atoms with Crippen molar-refractivity contribution in [2.75, 3.05) is 13.1 Å². The molecule has 0 atom stereocenters. The zero-order chi connectivity index (χ0) is 19.3. The van der Waals surface area contributed by atoms with Crippen LogP contribution in [0.5, 0.6) is 0 Å². The number of hydrogen-bond acceptors (Lipinski definition) is 6. The van der Waals surface area contributed by atoms with E-state index in [1.807, 2.05) is 29.2 Å². The molecule has 0 bridgehead atoms. The molecule has 0 aliphatic carbocycles. The quantitative estimate of drug-likeness (QED) is 0.583. The molecule has 1 amide bonds. The van der Waals surface area contributed by atoms with Gasteiger partial charge < -0.3 is 9.42 Å².